The predicted molar refractivity (Wildman–Crippen MR) is 126 cm³/mol. The number of rotatable bonds is 9. The SMILES string of the molecule is C#CCOc1ccc(CCNC(=O)COCC#Cc2ccc3ccccc3c2)cc1OC. The maximum Gasteiger partial charge on any atom is 0.246 e. The summed E-state index contributed by atoms with van der Waals surface area (Å²) in [5.41, 5.74) is 1.93. The summed E-state index contributed by atoms with van der Waals surface area (Å²) < 4.78 is 16.1. The van der Waals surface area contributed by atoms with Crippen molar-refractivity contribution in [2.45, 2.75) is 6.42 Å². The fraction of sp³-hybridized carbons (Fsp3) is 0.222. The number of methoxy groups -OCH3 is 1. The van der Waals surface area contributed by atoms with Gasteiger partial charge in [-0.15, -0.1) is 6.42 Å². The first-order chi connectivity index (χ1) is 15.7. The van der Waals surface area contributed by atoms with Gasteiger partial charge in [0, 0.05) is 12.1 Å². The standard InChI is InChI=1S/C27H25NO4/c1-3-16-32-25-13-11-22(19-26(25)30-2)14-15-28-27(29)20-31-17-6-7-21-10-12-23-8-4-5-9-24(23)18-21/h1,4-5,8-13,18-19H,14-17,20H2,2H3,(H,28,29). The van der Waals surface area contributed by atoms with Crippen LogP contribution in [0.4, 0.5) is 0 Å². The minimum Gasteiger partial charge on any atom is -0.493 e. The number of benzene rings is 3. The molecule has 0 bridgehead atoms. The van der Waals surface area contributed by atoms with Gasteiger partial charge in [0.25, 0.3) is 0 Å². The van der Waals surface area contributed by atoms with Crippen LogP contribution in [-0.2, 0) is 16.0 Å². The third-order valence-corrected chi connectivity index (χ3v) is 4.66. The Balaban J connectivity index is 1.37. The van der Waals surface area contributed by atoms with Crippen LogP contribution >= 0.6 is 0 Å². The highest BCUT2D eigenvalue weighted by atomic mass is 16.5. The van der Waals surface area contributed by atoms with E-state index in [1.807, 2.05) is 48.5 Å². The van der Waals surface area contributed by atoms with E-state index in [0.29, 0.717) is 24.5 Å². The summed E-state index contributed by atoms with van der Waals surface area (Å²) in [6.07, 6.45) is 5.87. The van der Waals surface area contributed by atoms with Crippen molar-refractivity contribution in [2.24, 2.45) is 0 Å². The van der Waals surface area contributed by atoms with Gasteiger partial charge in [0.15, 0.2) is 11.5 Å². The molecule has 0 aliphatic rings. The molecule has 162 valence electrons. The highest BCUT2D eigenvalue weighted by Gasteiger charge is 2.06. The van der Waals surface area contributed by atoms with Gasteiger partial charge < -0.3 is 19.5 Å². The fourth-order valence-corrected chi connectivity index (χ4v) is 3.10. The Kier molecular flexibility index (Phi) is 8.57. The largest absolute Gasteiger partial charge is 0.493 e. The topological polar surface area (TPSA) is 56.8 Å². The third-order valence-electron chi connectivity index (χ3n) is 4.66. The molecule has 3 aromatic carbocycles. The molecule has 0 fully saturated rings. The van der Waals surface area contributed by atoms with Crippen molar-refractivity contribution < 1.29 is 19.0 Å². The van der Waals surface area contributed by atoms with Crippen LogP contribution in [0.15, 0.2) is 60.7 Å². The van der Waals surface area contributed by atoms with Gasteiger partial charge in [0.2, 0.25) is 5.91 Å². The lowest BCUT2D eigenvalue weighted by molar-refractivity contribution is -0.125. The van der Waals surface area contributed by atoms with Gasteiger partial charge in [-0.1, -0.05) is 54.2 Å². The first-order valence-corrected chi connectivity index (χ1v) is 10.2. The van der Waals surface area contributed by atoms with Gasteiger partial charge in [-0.2, -0.15) is 0 Å². The van der Waals surface area contributed by atoms with Crippen molar-refractivity contribution in [3.63, 3.8) is 0 Å². The van der Waals surface area contributed by atoms with Gasteiger partial charge in [-0.3, -0.25) is 4.79 Å². The van der Waals surface area contributed by atoms with E-state index in [9.17, 15) is 4.79 Å². The Morgan fingerprint density at radius 2 is 1.84 bits per heavy atom. The molecule has 3 aromatic rings. The van der Waals surface area contributed by atoms with Crippen LogP contribution < -0.4 is 14.8 Å². The molecule has 0 spiro atoms. The molecule has 0 saturated carbocycles. The van der Waals surface area contributed by atoms with E-state index in [-0.39, 0.29) is 25.7 Å². The molecule has 0 atom stereocenters. The Morgan fingerprint density at radius 1 is 1.00 bits per heavy atom. The quantitative estimate of drug-likeness (QED) is 0.419. The van der Waals surface area contributed by atoms with Crippen LogP contribution in [0.2, 0.25) is 0 Å². The molecule has 3 rings (SSSR count). The molecular formula is C27H25NO4. The molecule has 0 heterocycles. The number of carbonyl (C=O) groups is 1. The number of amides is 1. The number of carbonyl (C=O) groups excluding carboxylic acids is 1. The average molecular weight is 428 g/mol. The summed E-state index contributed by atoms with van der Waals surface area (Å²) in [6.45, 7) is 0.822. The van der Waals surface area contributed by atoms with E-state index in [1.165, 1.54) is 5.39 Å². The summed E-state index contributed by atoms with van der Waals surface area (Å²) in [7, 11) is 1.57. The smallest absolute Gasteiger partial charge is 0.246 e. The molecule has 0 aliphatic heterocycles. The molecule has 1 amide bonds. The van der Waals surface area contributed by atoms with Crippen LogP contribution in [0.3, 0.4) is 0 Å². The lowest BCUT2D eigenvalue weighted by atomic mass is 10.1. The van der Waals surface area contributed by atoms with Crippen molar-refractivity contribution in [3.8, 4) is 35.7 Å². The van der Waals surface area contributed by atoms with Crippen LogP contribution in [0.5, 0.6) is 11.5 Å². The summed E-state index contributed by atoms with van der Waals surface area (Å²) in [6, 6.07) is 19.8. The lowest BCUT2D eigenvalue weighted by Gasteiger charge is -2.11. The number of hydrogen-bond acceptors (Lipinski definition) is 4. The fourth-order valence-electron chi connectivity index (χ4n) is 3.10. The van der Waals surface area contributed by atoms with Gasteiger partial charge >= 0.3 is 0 Å². The summed E-state index contributed by atoms with van der Waals surface area (Å²) in [5, 5.41) is 5.16. The van der Waals surface area contributed by atoms with E-state index >= 15 is 0 Å². The predicted octanol–water partition coefficient (Wildman–Crippen LogP) is 3.59. The van der Waals surface area contributed by atoms with Crippen molar-refractivity contribution in [2.75, 3.05) is 33.5 Å². The van der Waals surface area contributed by atoms with E-state index < -0.39 is 0 Å². The van der Waals surface area contributed by atoms with Crippen molar-refractivity contribution >= 4 is 16.7 Å². The van der Waals surface area contributed by atoms with Crippen molar-refractivity contribution in [1.82, 2.24) is 5.32 Å². The molecule has 0 radical (unpaired) electrons. The number of terminal acetylenes is 1. The maximum atomic E-state index is 12.0. The Labute approximate surface area is 188 Å². The summed E-state index contributed by atoms with van der Waals surface area (Å²) in [5.74, 6) is 9.45. The summed E-state index contributed by atoms with van der Waals surface area (Å²) in [4.78, 5) is 12.0. The minimum absolute atomic E-state index is 0.0331. The highest BCUT2D eigenvalue weighted by molar-refractivity contribution is 5.83. The van der Waals surface area contributed by atoms with Crippen LogP contribution in [-0.4, -0.2) is 39.4 Å². The Morgan fingerprint density at radius 3 is 2.66 bits per heavy atom. The molecule has 0 aromatic heterocycles. The molecule has 0 aliphatic carbocycles. The van der Waals surface area contributed by atoms with E-state index in [4.69, 9.17) is 20.6 Å². The van der Waals surface area contributed by atoms with Crippen LogP contribution in [0, 0.1) is 24.2 Å². The lowest BCUT2D eigenvalue weighted by Crippen LogP contribution is -2.29. The van der Waals surface area contributed by atoms with E-state index in [1.54, 1.807) is 7.11 Å². The molecule has 32 heavy (non-hydrogen) atoms. The van der Waals surface area contributed by atoms with Crippen LogP contribution in [0.1, 0.15) is 11.1 Å². The molecule has 5 heteroatoms. The van der Waals surface area contributed by atoms with Gasteiger partial charge in [0.1, 0.15) is 19.8 Å². The molecule has 0 saturated heterocycles. The second kappa shape index (κ2) is 12.1. The Hall–Kier alpha value is -3.93. The van der Waals surface area contributed by atoms with Crippen molar-refractivity contribution in [1.29, 1.82) is 0 Å². The second-order valence-corrected chi connectivity index (χ2v) is 6.93. The van der Waals surface area contributed by atoms with E-state index in [0.717, 1.165) is 16.5 Å². The molecule has 5 nitrogen and oxygen atoms in total. The number of nitrogens with one attached hydrogen (secondary N) is 1. The normalized spacial score (nSPS) is 10.0. The van der Waals surface area contributed by atoms with Crippen LogP contribution in [0.25, 0.3) is 10.8 Å². The highest BCUT2D eigenvalue weighted by Crippen LogP contribution is 2.28. The minimum atomic E-state index is -0.182. The Bertz CT molecular complexity index is 1170. The number of fused-ring (bicyclic) bond motifs is 1. The van der Waals surface area contributed by atoms with Gasteiger partial charge in [0.05, 0.1) is 7.11 Å². The van der Waals surface area contributed by atoms with Gasteiger partial charge in [-0.05, 0) is 47.0 Å². The molecule has 1 N–H and O–H groups in total. The van der Waals surface area contributed by atoms with Crippen molar-refractivity contribution in [3.05, 3.63) is 71.8 Å². The van der Waals surface area contributed by atoms with Gasteiger partial charge in [-0.25, -0.2) is 0 Å². The number of ether oxygens (including phenoxy) is 3. The first kappa shape index (κ1) is 22.7. The second-order valence-electron chi connectivity index (χ2n) is 6.93. The summed E-state index contributed by atoms with van der Waals surface area (Å²) >= 11 is 0. The third kappa shape index (κ3) is 6.80. The van der Waals surface area contributed by atoms with E-state index in [2.05, 4.69) is 35.2 Å². The zero-order valence-electron chi connectivity index (χ0n) is 18.0. The average Bonchev–Trinajstić information content (AvgIpc) is 2.82. The molecular weight excluding hydrogens is 402 g/mol. The first-order valence-electron chi connectivity index (χ1n) is 10.2. The number of hydrogen-bond donors (Lipinski definition) is 1. The zero-order valence-corrected chi connectivity index (χ0v) is 18.0. The monoisotopic (exact) mass is 427 g/mol. The molecule has 0 unspecified atom stereocenters. The maximum absolute atomic E-state index is 12.0. The zero-order chi connectivity index (χ0) is 22.6.